The van der Waals surface area contributed by atoms with Gasteiger partial charge in [0.05, 0.1) is 6.10 Å². The minimum absolute atomic E-state index is 0.400. The van der Waals surface area contributed by atoms with E-state index in [0.29, 0.717) is 16.9 Å². The Hall–Kier alpha value is -2.12. The molecule has 3 fully saturated rings. The van der Waals surface area contributed by atoms with Crippen LogP contribution >= 0.6 is 0 Å². The Morgan fingerprint density at radius 2 is 1.64 bits per heavy atom. The zero-order valence-electron chi connectivity index (χ0n) is 29.2. The summed E-state index contributed by atoms with van der Waals surface area (Å²) in [5.41, 5.74) is 4.17. The number of fused-ring (bicyclic) bond motifs is 5. The van der Waals surface area contributed by atoms with Gasteiger partial charge in [0.25, 0.3) is 0 Å². The molecule has 7 rings (SSSR count). The first kappa shape index (κ1) is 31.5. The zero-order valence-corrected chi connectivity index (χ0v) is 29.2. The molecule has 1 heteroatoms. The Morgan fingerprint density at radius 3 is 2.44 bits per heavy atom. The lowest BCUT2D eigenvalue weighted by molar-refractivity contribution is -0.0640. The molecule has 0 saturated heterocycles. The fraction of sp³-hybridized carbons (Fsp3) is 0.636. The molecule has 0 N–H and O–H groups in total. The van der Waals surface area contributed by atoms with E-state index in [-0.39, 0.29) is 0 Å². The SMILES string of the molecule is C=c1ccc2cccc3ccc(CCCO[C@@H]4CC[C@]5(C)C(=CC[C@@H]6[C@H]7CC[C@@H]([C@@H](C)CCCC(C)C)[C@]7(C)CC[C@H]65)C4)c1c32. The molecule has 1 nitrogen and oxygen atoms in total. The van der Waals surface area contributed by atoms with Gasteiger partial charge in [-0.1, -0.05) is 115 Å². The van der Waals surface area contributed by atoms with Crippen LogP contribution in [0, 0.1) is 46.3 Å². The van der Waals surface area contributed by atoms with E-state index >= 15 is 0 Å². The Kier molecular flexibility index (Phi) is 8.73. The van der Waals surface area contributed by atoms with Crippen molar-refractivity contribution in [2.24, 2.45) is 46.3 Å². The van der Waals surface area contributed by atoms with Crippen molar-refractivity contribution in [2.75, 3.05) is 6.61 Å². The fourth-order valence-corrected chi connectivity index (χ4v) is 11.7. The molecule has 3 aromatic rings. The number of hydrogen-bond donors (Lipinski definition) is 0. The van der Waals surface area contributed by atoms with E-state index in [2.05, 4.69) is 89.7 Å². The van der Waals surface area contributed by atoms with E-state index in [1.54, 1.807) is 5.57 Å². The molecule has 4 aliphatic rings. The Morgan fingerprint density at radius 1 is 0.844 bits per heavy atom. The number of benzene rings is 3. The van der Waals surface area contributed by atoms with Gasteiger partial charge in [0.1, 0.15) is 0 Å². The van der Waals surface area contributed by atoms with Crippen molar-refractivity contribution in [1.29, 1.82) is 0 Å². The summed E-state index contributed by atoms with van der Waals surface area (Å²) in [4.78, 5) is 0. The van der Waals surface area contributed by atoms with Gasteiger partial charge < -0.3 is 4.74 Å². The summed E-state index contributed by atoms with van der Waals surface area (Å²) in [6.07, 6.45) is 20.5. The van der Waals surface area contributed by atoms with E-state index in [9.17, 15) is 0 Å². The summed E-state index contributed by atoms with van der Waals surface area (Å²) in [5.74, 6) is 5.44. The average Bonchev–Trinajstić information content (AvgIpc) is 3.38. The average molecular weight is 605 g/mol. The summed E-state index contributed by atoms with van der Waals surface area (Å²) in [6.45, 7) is 18.0. The third-order valence-electron chi connectivity index (χ3n) is 14.2. The third kappa shape index (κ3) is 5.62. The van der Waals surface area contributed by atoms with Crippen LogP contribution in [0.1, 0.15) is 117 Å². The summed E-state index contributed by atoms with van der Waals surface area (Å²) < 4.78 is 6.66. The first-order chi connectivity index (χ1) is 21.7. The molecule has 0 aromatic heterocycles. The van der Waals surface area contributed by atoms with Gasteiger partial charge in [-0.3, -0.25) is 0 Å². The molecule has 0 heterocycles. The van der Waals surface area contributed by atoms with Gasteiger partial charge in [-0.2, -0.15) is 0 Å². The molecule has 0 aliphatic heterocycles. The fourth-order valence-electron chi connectivity index (χ4n) is 11.7. The quantitative estimate of drug-likeness (QED) is 0.165. The molecule has 0 spiro atoms. The lowest BCUT2D eigenvalue weighted by atomic mass is 9.47. The monoisotopic (exact) mass is 604 g/mol. The van der Waals surface area contributed by atoms with Crippen LogP contribution in [0.4, 0.5) is 0 Å². The highest BCUT2D eigenvalue weighted by molar-refractivity contribution is 6.11. The van der Waals surface area contributed by atoms with Crippen molar-refractivity contribution in [3.05, 3.63) is 64.9 Å². The number of ether oxygens (including phenoxy) is 1. The predicted molar refractivity (Wildman–Crippen MR) is 193 cm³/mol. The Labute approximate surface area is 274 Å². The van der Waals surface area contributed by atoms with Gasteiger partial charge in [-0.25, -0.2) is 0 Å². The van der Waals surface area contributed by atoms with Crippen molar-refractivity contribution >= 4 is 28.1 Å². The third-order valence-corrected chi connectivity index (χ3v) is 14.2. The molecular formula is C44H60O. The van der Waals surface area contributed by atoms with Crippen LogP contribution in [0.25, 0.3) is 28.1 Å². The molecule has 3 saturated carbocycles. The summed E-state index contributed by atoms with van der Waals surface area (Å²) in [5, 5.41) is 6.53. The van der Waals surface area contributed by atoms with Gasteiger partial charge in [0, 0.05) is 6.61 Å². The van der Waals surface area contributed by atoms with Gasteiger partial charge in [0.2, 0.25) is 0 Å². The molecule has 0 amide bonds. The second-order valence-corrected chi connectivity index (χ2v) is 17.0. The molecule has 8 atom stereocenters. The predicted octanol–water partition coefficient (Wildman–Crippen LogP) is 11.5. The molecule has 4 aliphatic carbocycles. The van der Waals surface area contributed by atoms with Gasteiger partial charge >= 0.3 is 0 Å². The maximum absolute atomic E-state index is 6.66. The number of rotatable bonds is 10. The van der Waals surface area contributed by atoms with Gasteiger partial charge in [-0.15, -0.1) is 0 Å². The van der Waals surface area contributed by atoms with E-state index < -0.39 is 0 Å². The lowest BCUT2D eigenvalue weighted by Crippen LogP contribution is -2.51. The summed E-state index contributed by atoms with van der Waals surface area (Å²) in [7, 11) is 0. The Balaban J connectivity index is 0.962. The first-order valence-corrected chi connectivity index (χ1v) is 18.9. The van der Waals surface area contributed by atoms with Crippen LogP contribution in [0.15, 0.2) is 54.1 Å². The number of hydrogen-bond acceptors (Lipinski definition) is 1. The van der Waals surface area contributed by atoms with Crippen molar-refractivity contribution in [3.8, 4) is 0 Å². The molecule has 0 radical (unpaired) electrons. The van der Waals surface area contributed by atoms with Crippen LogP contribution in [0.2, 0.25) is 0 Å². The molecule has 0 bridgehead atoms. The normalized spacial score (nSPS) is 33.6. The summed E-state index contributed by atoms with van der Waals surface area (Å²) >= 11 is 0. The smallest absolute Gasteiger partial charge is 0.0612 e. The number of aryl methyl sites for hydroxylation is 1. The standard InChI is InChI=1S/C44H60O/c1-29(2)10-7-11-30(3)38-21-22-39-37-20-19-35-28-36(23-25-43(35,5)40(37)24-26-44(38,39)6)45-27-9-14-32-17-18-34-13-8-12-33-16-15-31(4)41(32)42(33)34/h8,12-13,15-19,29-30,36-40H,4,7,9-11,14,20-28H2,1-3,5-6H3/t30-,36+,37+,38-,39+,40+,43+,44-/m0/s1. The molecule has 0 unspecified atom stereocenters. The highest BCUT2D eigenvalue weighted by atomic mass is 16.5. The van der Waals surface area contributed by atoms with Crippen molar-refractivity contribution in [3.63, 3.8) is 0 Å². The maximum atomic E-state index is 6.66. The minimum Gasteiger partial charge on any atom is -0.378 e. The van der Waals surface area contributed by atoms with E-state index in [0.717, 1.165) is 60.2 Å². The second-order valence-electron chi connectivity index (χ2n) is 17.0. The minimum atomic E-state index is 0.400. The first-order valence-electron chi connectivity index (χ1n) is 18.9. The molecule has 45 heavy (non-hydrogen) atoms. The Bertz CT molecular complexity index is 1560. The van der Waals surface area contributed by atoms with Crippen molar-refractivity contribution in [1.82, 2.24) is 0 Å². The summed E-state index contributed by atoms with van der Waals surface area (Å²) in [6, 6.07) is 15.7. The van der Waals surface area contributed by atoms with E-state index in [4.69, 9.17) is 4.74 Å². The van der Waals surface area contributed by atoms with Gasteiger partial charge in [0.15, 0.2) is 0 Å². The largest absolute Gasteiger partial charge is 0.378 e. The van der Waals surface area contributed by atoms with Crippen LogP contribution in [0.5, 0.6) is 0 Å². The number of allylic oxidation sites excluding steroid dienone is 1. The highest BCUT2D eigenvalue weighted by Gasteiger charge is 2.59. The van der Waals surface area contributed by atoms with Gasteiger partial charge in [-0.05, 0) is 143 Å². The highest BCUT2D eigenvalue weighted by Crippen LogP contribution is 2.67. The van der Waals surface area contributed by atoms with Crippen LogP contribution < -0.4 is 5.22 Å². The van der Waals surface area contributed by atoms with Crippen molar-refractivity contribution < 1.29 is 4.74 Å². The lowest BCUT2D eigenvalue weighted by Gasteiger charge is -2.58. The molecule has 3 aromatic carbocycles. The second kappa shape index (κ2) is 12.5. The van der Waals surface area contributed by atoms with Crippen molar-refractivity contribution in [2.45, 2.75) is 124 Å². The van der Waals surface area contributed by atoms with E-state index in [1.807, 2.05) is 0 Å². The zero-order chi connectivity index (χ0) is 31.3. The molecule has 242 valence electrons. The maximum Gasteiger partial charge on any atom is 0.0612 e. The topological polar surface area (TPSA) is 9.23 Å². The van der Waals surface area contributed by atoms with Crippen LogP contribution in [-0.4, -0.2) is 12.7 Å². The van der Waals surface area contributed by atoms with Crippen LogP contribution in [0.3, 0.4) is 0 Å². The van der Waals surface area contributed by atoms with E-state index in [1.165, 1.54) is 97.7 Å². The molecular weight excluding hydrogens is 544 g/mol. The van der Waals surface area contributed by atoms with Crippen LogP contribution in [-0.2, 0) is 11.2 Å².